The number of carbonyl (C=O) groups excluding carboxylic acids is 1. The van der Waals surface area contributed by atoms with Crippen molar-refractivity contribution in [3.63, 3.8) is 0 Å². The molecule has 1 N–H and O–H groups in total. The highest BCUT2D eigenvalue weighted by molar-refractivity contribution is 5.81. The summed E-state index contributed by atoms with van der Waals surface area (Å²) in [5.74, 6) is 0.158. The van der Waals surface area contributed by atoms with Gasteiger partial charge in [-0.2, -0.15) is 13.2 Å². The Morgan fingerprint density at radius 1 is 1.08 bits per heavy atom. The molecule has 2 atom stereocenters. The second kappa shape index (κ2) is 7.59. The average Bonchev–Trinajstić information content (AvgIpc) is 2.56. The molecule has 6 heteroatoms. The minimum Gasteiger partial charge on any atom is -0.481 e. The third-order valence-corrected chi connectivity index (χ3v) is 3.78. The molecule has 0 aliphatic heterocycles. The van der Waals surface area contributed by atoms with Crippen LogP contribution in [-0.2, 0) is 11.0 Å². The van der Waals surface area contributed by atoms with Crippen molar-refractivity contribution in [3.8, 4) is 5.75 Å². The summed E-state index contributed by atoms with van der Waals surface area (Å²) in [6.07, 6.45) is -5.18. The standard InChI is InChI=1S/C19H20F3NO2/c1-12-7-9-17(10-8-12)25-14(3)18(24)23-13(2)15-5-4-6-16(11-15)19(20,21)22/h4-11,13-14H,1-3H3,(H,23,24). The number of benzene rings is 2. The molecule has 2 aromatic rings. The van der Waals surface area contributed by atoms with Gasteiger partial charge in [-0.1, -0.05) is 29.8 Å². The van der Waals surface area contributed by atoms with Crippen LogP contribution in [0.15, 0.2) is 48.5 Å². The monoisotopic (exact) mass is 351 g/mol. The maximum atomic E-state index is 12.8. The Balaban J connectivity index is 2.00. The van der Waals surface area contributed by atoms with E-state index in [2.05, 4.69) is 5.32 Å². The summed E-state index contributed by atoms with van der Waals surface area (Å²) in [5.41, 5.74) is 0.711. The van der Waals surface area contributed by atoms with Crippen LogP contribution in [-0.4, -0.2) is 12.0 Å². The molecule has 0 aliphatic carbocycles. The highest BCUT2D eigenvalue weighted by atomic mass is 19.4. The van der Waals surface area contributed by atoms with Gasteiger partial charge < -0.3 is 10.1 Å². The van der Waals surface area contributed by atoms with Crippen molar-refractivity contribution in [2.45, 2.75) is 39.1 Å². The summed E-state index contributed by atoms with van der Waals surface area (Å²) in [5, 5.41) is 2.67. The van der Waals surface area contributed by atoms with E-state index < -0.39 is 29.8 Å². The van der Waals surface area contributed by atoms with E-state index in [1.54, 1.807) is 32.0 Å². The summed E-state index contributed by atoms with van der Waals surface area (Å²) < 4.78 is 43.9. The fraction of sp³-hybridized carbons (Fsp3) is 0.316. The Bertz CT molecular complexity index is 726. The molecule has 0 saturated carbocycles. The van der Waals surface area contributed by atoms with Crippen LogP contribution in [0, 0.1) is 6.92 Å². The fourth-order valence-electron chi connectivity index (χ4n) is 2.27. The van der Waals surface area contributed by atoms with Gasteiger partial charge in [-0.3, -0.25) is 4.79 Å². The van der Waals surface area contributed by atoms with Gasteiger partial charge in [0, 0.05) is 0 Å². The minimum atomic E-state index is -4.42. The van der Waals surface area contributed by atoms with Gasteiger partial charge in [0.25, 0.3) is 5.91 Å². The molecule has 134 valence electrons. The molecule has 0 bridgehead atoms. The lowest BCUT2D eigenvalue weighted by Crippen LogP contribution is -2.37. The van der Waals surface area contributed by atoms with Crippen molar-refractivity contribution in [1.82, 2.24) is 5.32 Å². The molecule has 3 nitrogen and oxygen atoms in total. The van der Waals surface area contributed by atoms with E-state index in [4.69, 9.17) is 4.74 Å². The van der Waals surface area contributed by atoms with Crippen LogP contribution in [0.3, 0.4) is 0 Å². The normalized spacial score (nSPS) is 13.8. The summed E-state index contributed by atoms with van der Waals surface area (Å²) >= 11 is 0. The van der Waals surface area contributed by atoms with Crippen molar-refractivity contribution < 1.29 is 22.7 Å². The van der Waals surface area contributed by atoms with E-state index in [1.807, 2.05) is 19.1 Å². The first-order chi connectivity index (χ1) is 11.7. The summed E-state index contributed by atoms with van der Waals surface area (Å²) in [4.78, 5) is 12.2. The second-order valence-corrected chi connectivity index (χ2v) is 5.93. The van der Waals surface area contributed by atoms with Crippen LogP contribution < -0.4 is 10.1 Å². The van der Waals surface area contributed by atoms with E-state index >= 15 is 0 Å². The first kappa shape index (κ1) is 18.8. The lowest BCUT2D eigenvalue weighted by molar-refractivity contribution is -0.137. The first-order valence-corrected chi connectivity index (χ1v) is 7.87. The van der Waals surface area contributed by atoms with E-state index in [0.29, 0.717) is 11.3 Å². The Morgan fingerprint density at radius 3 is 2.32 bits per heavy atom. The van der Waals surface area contributed by atoms with Gasteiger partial charge in [0.05, 0.1) is 11.6 Å². The summed E-state index contributed by atoms with van der Waals surface area (Å²) in [6, 6.07) is 11.6. The predicted molar refractivity (Wildman–Crippen MR) is 89.3 cm³/mol. The maximum Gasteiger partial charge on any atom is 0.416 e. The van der Waals surface area contributed by atoms with Gasteiger partial charge in [0.1, 0.15) is 5.75 Å². The second-order valence-electron chi connectivity index (χ2n) is 5.93. The molecule has 25 heavy (non-hydrogen) atoms. The lowest BCUT2D eigenvalue weighted by atomic mass is 10.0. The van der Waals surface area contributed by atoms with Gasteiger partial charge in [0.15, 0.2) is 6.10 Å². The molecule has 2 unspecified atom stereocenters. The van der Waals surface area contributed by atoms with Crippen molar-refractivity contribution >= 4 is 5.91 Å². The number of halogens is 3. The van der Waals surface area contributed by atoms with Gasteiger partial charge in [0.2, 0.25) is 0 Å². The zero-order chi connectivity index (χ0) is 18.6. The predicted octanol–water partition coefficient (Wildman–Crippen LogP) is 4.66. The SMILES string of the molecule is Cc1ccc(OC(C)C(=O)NC(C)c2cccc(C(F)(F)F)c2)cc1. The number of rotatable bonds is 5. The van der Waals surface area contributed by atoms with E-state index in [9.17, 15) is 18.0 Å². The number of aryl methyl sites for hydroxylation is 1. The molecular formula is C19H20F3NO2. The molecule has 0 aliphatic rings. The van der Waals surface area contributed by atoms with E-state index in [-0.39, 0.29) is 0 Å². The quantitative estimate of drug-likeness (QED) is 0.851. The summed E-state index contributed by atoms with van der Waals surface area (Å²) in [6.45, 7) is 5.16. The molecule has 0 fully saturated rings. The molecule has 2 rings (SSSR count). The van der Waals surface area contributed by atoms with E-state index in [1.165, 1.54) is 6.07 Å². The highest BCUT2D eigenvalue weighted by Crippen LogP contribution is 2.30. The number of amides is 1. The van der Waals surface area contributed by atoms with Crippen LogP contribution in [0.25, 0.3) is 0 Å². The van der Waals surface area contributed by atoms with Gasteiger partial charge in [-0.05, 0) is 50.6 Å². The first-order valence-electron chi connectivity index (χ1n) is 7.87. The van der Waals surface area contributed by atoms with E-state index in [0.717, 1.165) is 17.7 Å². The number of hydrogen-bond donors (Lipinski definition) is 1. The Labute approximate surface area is 144 Å². The molecule has 0 aromatic heterocycles. The van der Waals surface area contributed by atoms with Crippen molar-refractivity contribution in [2.24, 2.45) is 0 Å². The molecule has 0 heterocycles. The number of alkyl halides is 3. The van der Waals surface area contributed by atoms with Crippen molar-refractivity contribution in [2.75, 3.05) is 0 Å². The number of hydrogen-bond acceptors (Lipinski definition) is 2. The zero-order valence-electron chi connectivity index (χ0n) is 14.2. The van der Waals surface area contributed by atoms with Gasteiger partial charge >= 0.3 is 6.18 Å². The van der Waals surface area contributed by atoms with Crippen LogP contribution in [0.1, 0.15) is 36.6 Å². The van der Waals surface area contributed by atoms with Crippen LogP contribution in [0.2, 0.25) is 0 Å². The lowest BCUT2D eigenvalue weighted by Gasteiger charge is -2.20. The molecule has 1 amide bonds. The van der Waals surface area contributed by atoms with Gasteiger partial charge in [-0.25, -0.2) is 0 Å². The Kier molecular flexibility index (Phi) is 5.72. The molecule has 2 aromatic carbocycles. The number of ether oxygens (including phenoxy) is 1. The van der Waals surface area contributed by atoms with Crippen LogP contribution >= 0.6 is 0 Å². The molecule has 0 spiro atoms. The topological polar surface area (TPSA) is 38.3 Å². The molecule has 0 saturated heterocycles. The maximum absolute atomic E-state index is 12.8. The van der Waals surface area contributed by atoms with Crippen molar-refractivity contribution in [3.05, 3.63) is 65.2 Å². The van der Waals surface area contributed by atoms with Crippen molar-refractivity contribution in [1.29, 1.82) is 0 Å². The van der Waals surface area contributed by atoms with Crippen LogP contribution in [0.5, 0.6) is 5.75 Å². The van der Waals surface area contributed by atoms with Gasteiger partial charge in [-0.15, -0.1) is 0 Å². The fourth-order valence-corrected chi connectivity index (χ4v) is 2.27. The zero-order valence-corrected chi connectivity index (χ0v) is 14.2. The molecular weight excluding hydrogens is 331 g/mol. The highest BCUT2D eigenvalue weighted by Gasteiger charge is 2.31. The third kappa shape index (κ3) is 5.24. The minimum absolute atomic E-state index is 0.380. The molecule has 0 radical (unpaired) electrons. The van der Waals surface area contributed by atoms with Crippen LogP contribution in [0.4, 0.5) is 13.2 Å². The number of carbonyl (C=O) groups is 1. The Morgan fingerprint density at radius 2 is 1.72 bits per heavy atom. The smallest absolute Gasteiger partial charge is 0.416 e. The number of nitrogens with one attached hydrogen (secondary N) is 1. The average molecular weight is 351 g/mol. The third-order valence-electron chi connectivity index (χ3n) is 3.78. The summed E-state index contributed by atoms with van der Waals surface area (Å²) in [7, 11) is 0. The largest absolute Gasteiger partial charge is 0.481 e. The Hall–Kier alpha value is -2.50.